The highest BCUT2D eigenvalue weighted by atomic mass is 16.2. The number of rotatable bonds is 3. The molecule has 2 rings (SSSR count). The molecule has 1 amide bonds. The summed E-state index contributed by atoms with van der Waals surface area (Å²) in [6.45, 7) is 1.95. The predicted octanol–water partition coefficient (Wildman–Crippen LogP) is 0.202. The second-order valence-corrected chi connectivity index (χ2v) is 3.54. The lowest BCUT2D eigenvalue weighted by atomic mass is 10.2. The summed E-state index contributed by atoms with van der Waals surface area (Å²) in [6, 6.07) is 1.74. The maximum absolute atomic E-state index is 11.7. The second-order valence-electron chi connectivity index (χ2n) is 3.54. The molecule has 0 radical (unpaired) electrons. The molecule has 88 valence electrons. The fraction of sp³-hybridized carbons (Fsp3) is 0.200. The van der Waals surface area contributed by atoms with Crippen LogP contribution in [0.15, 0.2) is 24.8 Å². The van der Waals surface area contributed by atoms with Gasteiger partial charge in [0, 0.05) is 18.1 Å². The van der Waals surface area contributed by atoms with Gasteiger partial charge in [-0.05, 0) is 18.6 Å². The minimum absolute atomic E-state index is 0.0754. The van der Waals surface area contributed by atoms with Crippen molar-refractivity contribution in [1.29, 1.82) is 0 Å². The number of aromatic nitrogens is 4. The topological polar surface area (TPSA) is 98.7 Å². The molecule has 2 aromatic heterocycles. The van der Waals surface area contributed by atoms with Crippen LogP contribution in [-0.2, 0) is 11.3 Å². The van der Waals surface area contributed by atoms with Crippen molar-refractivity contribution >= 4 is 17.5 Å². The van der Waals surface area contributed by atoms with Crippen LogP contribution >= 0.6 is 0 Å². The van der Waals surface area contributed by atoms with Gasteiger partial charge in [-0.25, -0.2) is 9.67 Å². The maximum Gasteiger partial charge on any atom is 0.246 e. The molecule has 0 aliphatic heterocycles. The van der Waals surface area contributed by atoms with Crippen molar-refractivity contribution in [3.05, 3.63) is 30.4 Å². The van der Waals surface area contributed by atoms with Crippen molar-refractivity contribution < 1.29 is 4.79 Å². The van der Waals surface area contributed by atoms with Crippen molar-refractivity contribution in [3.63, 3.8) is 0 Å². The number of anilines is 2. The van der Waals surface area contributed by atoms with E-state index in [0.717, 1.165) is 11.3 Å². The number of carbonyl (C=O) groups is 1. The Labute approximate surface area is 97.7 Å². The minimum Gasteiger partial charge on any atom is -0.367 e. The number of aryl methyl sites for hydroxylation is 1. The van der Waals surface area contributed by atoms with Gasteiger partial charge in [-0.1, -0.05) is 0 Å². The Morgan fingerprint density at radius 1 is 1.59 bits per heavy atom. The zero-order chi connectivity index (χ0) is 12.3. The van der Waals surface area contributed by atoms with Gasteiger partial charge in [0.15, 0.2) is 0 Å². The number of amides is 1. The molecule has 7 nitrogen and oxygen atoms in total. The SMILES string of the molecule is Cc1cnccc1NC(=O)Cn1cnc(N)n1. The molecule has 17 heavy (non-hydrogen) atoms. The second kappa shape index (κ2) is 4.60. The smallest absolute Gasteiger partial charge is 0.246 e. The van der Waals surface area contributed by atoms with Gasteiger partial charge in [-0.15, -0.1) is 5.10 Å². The molecule has 0 aliphatic rings. The highest BCUT2D eigenvalue weighted by molar-refractivity contribution is 5.91. The number of hydrogen-bond acceptors (Lipinski definition) is 5. The summed E-state index contributed by atoms with van der Waals surface area (Å²) >= 11 is 0. The van der Waals surface area contributed by atoms with Crippen molar-refractivity contribution in [2.75, 3.05) is 11.1 Å². The van der Waals surface area contributed by atoms with Crippen LogP contribution in [0.1, 0.15) is 5.56 Å². The molecule has 0 bridgehead atoms. The van der Waals surface area contributed by atoms with E-state index >= 15 is 0 Å². The lowest BCUT2D eigenvalue weighted by Gasteiger charge is -2.07. The van der Waals surface area contributed by atoms with Gasteiger partial charge in [-0.2, -0.15) is 0 Å². The number of nitrogen functional groups attached to an aromatic ring is 1. The normalized spacial score (nSPS) is 10.2. The van der Waals surface area contributed by atoms with Gasteiger partial charge >= 0.3 is 0 Å². The first-order valence-corrected chi connectivity index (χ1v) is 5.00. The molecule has 0 saturated carbocycles. The summed E-state index contributed by atoms with van der Waals surface area (Å²) < 4.78 is 1.38. The van der Waals surface area contributed by atoms with Crippen LogP contribution in [0.2, 0.25) is 0 Å². The van der Waals surface area contributed by atoms with Gasteiger partial charge in [0.05, 0.1) is 0 Å². The highest BCUT2D eigenvalue weighted by Gasteiger charge is 2.06. The molecule has 2 heterocycles. The van der Waals surface area contributed by atoms with Crippen LogP contribution in [0.25, 0.3) is 0 Å². The fourth-order valence-electron chi connectivity index (χ4n) is 1.34. The van der Waals surface area contributed by atoms with Crippen LogP contribution in [0, 0.1) is 6.92 Å². The molecule has 2 aromatic rings. The van der Waals surface area contributed by atoms with Gasteiger partial charge in [0.1, 0.15) is 12.9 Å². The van der Waals surface area contributed by atoms with E-state index in [4.69, 9.17) is 5.73 Å². The summed E-state index contributed by atoms with van der Waals surface area (Å²) in [7, 11) is 0. The van der Waals surface area contributed by atoms with Crippen molar-refractivity contribution in [3.8, 4) is 0 Å². The van der Waals surface area contributed by atoms with Crippen LogP contribution in [-0.4, -0.2) is 25.7 Å². The molecule has 7 heteroatoms. The number of carbonyl (C=O) groups excluding carboxylic acids is 1. The Bertz CT molecular complexity index is 535. The zero-order valence-corrected chi connectivity index (χ0v) is 9.29. The van der Waals surface area contributed by atoms with E-state index < -0.39 is 0 Å². The first-order chi connectivity index (χ1) is 8.15. The summed E-state index contributed by atoms with van der Waals surface area (Å²) in [4.78, 5) is 19.4. The lowest BCUT2D eigenvalue weighted by molar-refractivity contribution is -0.116. The molecule has 0 saturated heterocycles. The van der Waals surface area contributed by atoms with Gasteiger partial charge in [0.25, 0.3) is 0 Å². The van der Waals surface area contributed by atoms with E-state index in [-0.39, 0.29) is 18.4 Å². The van der Waals surface area contributed by atoms with E-state index in [2.05, 4.69) is 20.4 Å². The van der Waals surface area contributed by atoms with E-state index in [9.17, 15) is 4.79 Å². The standard InChI is InChI=1S/C10H12N6O/c1-7-4-12-3-2-8(7)14-9(17)5-16-6-13-10(11)15-16/h2-4,6H,5H2,1H3,(H2,11,15)(H,12,14,17). The Hall–Kier alpha value is -2.44. The van der Waals surface area contributed by atoms with Gasteiger partial charge in [0.2, 0.25) is 11.9 Å². The van der Waals surface area contributed by atoms with Crippen LogP contribution in [0.3, 0.4) is 0 Å². The third-order valence-corrected chi connectivity index (χ3v) is 2.15. The number of nitrogens with zero attached hydrogens (tertiary/aromatic N) is 4. The van der Waals surface area contributed by atoms with E-state index in [1.165, 1.54) is 11.0 Å². The number of nitrogens with one attached hydrogen (secondary N) is 1. The summed E-state index contributed by atoms with van der Waals surface area (Å²) in [6.07, 6.45) is 4.72. The Morgan fingerprint density at radius 3 is 3.06 bits per heavy atom. The third-order valence-electron chi connectivity index (χ3n) is 2.15. The summed E-state index contributed by atoms with van der Waals surface area (Å²) in [5.74, 6) is -0.0397. The van der Waals surface area contributed by atoms with Crippen LogP contribution in [0.4, 0.5) is 11.6 Å². The van der Waals surface area contributed by atoms with Crippen molar-refractivity contribution in [1.82, 2.24) is 19.7 Å². The summed E-state index contributed by atoms with van der Waals surface area (Å²) in [5.41, 5.74) is 6.98. The first-order valence-electron chi connectivity index (χ1n) is 5.00. The average Bonchev–Trinajstić information content (AvgIpc) is 2.67. The van der Waals surface area contributed by atoms with Crippen LogP contribution < -0.4 is 11.1 Å². The number of hydrogen-bond donors (Lipinski definition) is 2. The quantitative estimate of drug-likeness (QED) is 0.787. The summed E-state index contributed by atoms with van der Waals surface area (Å²) in [5, 5.41) is 6.58. The number of pyridine rings is 1. The molecule has 0 fully saturated rings. The predicted molar refractivity (Wildman–Crippen MR) is 62.0 cm³/mol. The highest BCUT2D eigenvalue weighted by Crippen LogP contribution is 2.11. The van der Waals surface area contributed by atoms with Gasteiger partial charge < -0.3 is 11.1 Å². The molecular formula is C10H12N6O. The molecule has 0 aromatic carbocycles. The van der Waals surface area contributed by atoms with E-state index in [0.29, 0.717) is 0 Å². The van der Waals surface area contributed by atoms with Crippen molar-refractivity contribution in [2.24, 2.45) is 0 Å². The minimum atomic E-state index is -0.191. The largest absolute Gasteiger partial charge is 0.367 e. The molecule has 3 N–H and O–H groups in total. The van der Waals surface area contributed by atoms with E-state index in [1.54, 1.807) is 18.5 Å². The Kier molecular flexibility index (Phi) is 2.99. The van der Waals surface area contributed by atoms with Gasteiger partial charge in [-0.3, -0.25) is 9.78 Å². The molecule has 0 spiro atoms. The average molecular weight is 232 g/mol. The lowest BCUT2D eigenvalue weighted by Crippen LogP contribution is -2.19. The third kappa shape index (κ3) is 2.77. The van der Waals surface area contributed by atoms with Crippen LogP contribution in [0.5, 0.6) is 0 Å². The van der Waals surface area contributed by atoms with Crippen molar-refractivity contribution in [2.45, 2.75) is 13.5 Å². The fourth-order valence-corrected chi connectivity index (χ4v) is 1.34. The zero-order valence-electron chi connectivity index (χ0n) is 9.29. The molecule has 0 unspecified atom stereocenters. The Morgan fingerprint density at radius 2 is 2.41 bits per heavy atom. The monoisotopic (exact) mass is 232 g/mol. The molecule has 0 atom stereocenters. The first kappa shape index (κ1) is 11.1. The maximum atomic E-state index is 11.7. The molecular weight excluding hydrogens is 220 g/mol. The molecule has 0 aliphatic carbocycles. The Balaban J connectivity index is 2.01. The van der Waals surface area contributed by atoms with E-state index in [1.807, 2.05) is 6.92 Å². The number of nitrogens with two attached hydrogens (primary N) is 1.